The lowest BCUT2D eigenvalue weighted by Crippen LogP contribution is -2.42. The van der Waals surface area contributed by atoms with Crippen LogP contribution in [0, 0.1) is 19.8 Å². The van der Waals surface area contributed by atoms with Gasteiger partial charge in [-0.25, -0.2) is 0 Å². The van der Waals surface area contributed by atoms with Gasteiger partial charge in [0.1, 0.15) is 0 Å². The second kappa shape index (κ2) is 6.10. The van der Waals surface area contributed by atoms with Gasteiger partial charge in [-0.05, 0) is 71.5 Å². The van der Waals surface area contributed by atoms with E-state index in [0.717, 1.165) is 18.0 Å². The smallest absolute Gasteiger partial charge is 0.0292 e. The fourth-order valence-corrected chi connectivity index (χ4v) is 4.41. The molecule has 2 saturated heterocycles. The molecule has 0 aliphatic carbocycles. The fourth-order valence-electron chi connectivity index (χ4n) is 4.41. The molecule has 1 aromatic carbocycles. The van der Waals surface area contributed by atoms with E-state index in [0.29, 0.717) is 6.04 Å². The van der Waals surface area contributed by atoms with E-state index in [4.69, 9.17) is 0 Å². The molecule has 2 heteroatoms. The van der Waals surface area contributed by atoms with Gasteiger partial charge < -0.3 is 10.2 Å². The molecule has 0 aromatic heterocycles. The van der Waals surface area contributed by atoms with Crippen molar-refractivity contribution in [3.05, 3.63) is 34.9 Å². The molecule has 116 valence electrons. The van der Waals surface area contributed by atoms with Gasteiger partial charge >= 0.3 is 0 Å². The van der Waals surface area contributed by atoms with Gasteiger partial charge in [0.25, 0.3) is 0 Å². The van der Waals surface area contributed by atoms with E-state index in [-0.39, 0.29) is 0 Å². The summed E-state index contributed by atoms with van der Waals surface area (Å²) >= 11 is 0. The predicted octanol–water partition coefficient (Wildman–Crippen LogP) is 3.83. The molecule has 2 heterocycles. The number of nitrogens with one attached hydrogen (secondary N) is 1. The SMILES string of the molecule is Cc1cc(C)cc(C(C)NCC2CC3CCC(C2)N3C)c1. The number of fused-ring (bicyclic) bond motifs is 2. The zero-order chi connectivity index (χ0) is 15.0. The maximum absolute atomic E-state index is 3.79. The first kappa shape index (κ1) is 15.1. The van der Waals surface area contributed by atoms with Crippen LogP contribution in [0.4, 0.5) is 0 Å². The van der Waals surface area contributed by atoms with Crippen molar-refractivity contribution in [2.45, 2.75) is 64.6 Å². The average Bonchev–Trinajstić information content (AvgIpc) is 2.65. The molecule has 3 unspecified atom stereocenters. The van der Waals surface area contributed by atoms with Crippen LogP contribution >= 0.6 is 0 Å². The van der Waals surface area contributed by atoms with Crippen LogP contribution in [0.5, 0.6) is 0 Å². The van der Waals surface area contributed by atoms with E-state index in [9.17, 15) is 0 Å². The number of piperidine rings is 1. The van der Waals surface area contributed by atoms with Crippen LogP contribution in [0.15, 0.2) is 18.2 Å². The molecule has 0 radical (unpaired) electrons. The summed E-state index contributed by atoms with van der Waals surface area (Å²) in [7, 11) is 2.32. The topological polar surface area (TPSA) is 15.3 Å². The molecule has 1 aromatic rings. The van der Waals surface area contributed by atoms with Crippen molar-refractivity contribution in [2.24, 2.45) is 5.92 Å². The fraction of sp³-hybridized carbons (Fsp3) is 0.684. The summed E-state index contributed by atoms with van der Waals surface area (Å²) in [6.45, 7) is 7.86. The van der Waals surface area contributed by atoms with Crippen LogP contribution in [0.1, 0.15) is 55.3 Å². The number of benzene rings is 1. The lowest BCUT2D eigenvalue weighted by Gasteiger charge is -2.36. The van der Waals surface area contributed by atoms with E-state index in [2.05, 4.69) is 56.2 Å². The Bertz CT molecular complexity index is 462. The summed E-state index contributed by atoms with van der Waals surface area (Å²) < 4.78 is 0. The van der Waals surface area contributed by atoms with Gasteiger partial charge in [0, 0.05) is 18.1 Å². The Kier molecular flexibility index (Phi) is 4.37. The molecule has 2 aliphatic rings. The molecule has 0 amide bonds. The minimum atomic E-state index is 0.459. The van der Waals surface area contributed by atoms with Crippen molar-refractivity contribution in [1.82, 2.24) is 10.2 Å². The molecule has 2 fully saturated rings. The van der Waals surface area contributed by atoms with Gasteiger partial charge in [-0.2, -0.15) is 0 Å². The molecule has 0 saturated carbocycles. The number of rotatable bonds is 4. The second-order valence-electron chi connectivity index (χ2n) is 7.44. The summed E-state index contributed by atoms with van der Waals surface area (Å²) in [4.78, 5) is 2.63. The zero-order valence-corrected chi connectivity index (χ0v) is 14.0. The molecule has 2 nitrogen and oxygen atoms in total. The quantitative estimate of drug-likeness (QED) is 0.905. The van der Waals surface area contributed by atoms with E-state index < -0.39 is 0 Å². The van der Waals surface area contributed by atoms with E-state index in [1.807, 2.05) is 0 Å². The van der Waals surface area contributed by atoms with Crippen molar-refractivity contribution in [3.8, 4) is 0 Å². The third-order valence-electron chi connectivity index (χ3n) is 5.65. The van der Waals surface area contributed by atoms with Gasteiger partial charge in [-0.1, -0.05) is 29.3 Å². The highest BCUT2D eigenvalue weighted by Crippen LogP contribution is 2.37. The van der Waals surface area contributed by atoms with Gasteiger partial charge in [0.05, 0.1) is 0 Å². The molecule has 3 atom stereocenters. The van der Waals surface area contributed by atoms with Crippen molar-refractivity contribution in [2.75, 3.05) is 13.6 Å². The summed E-state index contributed by atoms with van der Waals surface area (Å²) in [6.07, 6.45) is 5.62. The molecule has 21 heavy (non-hydrogen) atoms. The number of aryl methyl sites for hydroxylation is 2. The van der Waals surface area contributed by atoms with Crippen LogP contribution in [-0.4, -0.2) is 30.6 Å². The first-order valence-corrected chi connectivity index (χ1v) is 8.56. The number of hydrogen-bond donors (Lipinski definition) is 1. The highest BCUT2D eigenvalue weighted by molar-refractivity contribution is 5.30. The lowest BCUT2D eigenvalue weighted by molar-refractivity contribution is 0.131. The monoisotopic (exact) mass is 286 g/mol. The molecule has 3 rings (SSSR count). The summed E-state index contributed by atoms with van der Waals surface area (Å²) in [6, 6.07) is 9.07. The van der Waals surface area contributed by atoms with Crippen molar-refractivity contribution in [1.29, 1.82) is 0 Å². The Hall–Kier alpha value is -0.860. The molecule has 0 spiro atoms. The van der Waals surface area contributed by atoms with E-state index in [1.54, 1.807) is 0 Å². The van der Waals surface area contributed by atoms with E-state index in [1.165, 1.54) is 48.9 Å². The molecule has 2 aliphatic heterocycles. The Balaban J connectivity index is 1.55. The summed E-state index contributed by atoms with van der Waals surface area (Å²) in [5, 5.41) is 3.79. The average molecular weight is 286 g/mol. The minimum absolute atomic E-state index is 0.459. The van der Waals surface area contributed by atoms with Crippen LogP contribution in [0.3, 0.4) is 0 Å². The largest absolute Gasteiger partial charge is 0.310 e. The van der Waals surface area contributed by atoms with Crippen LogP contribution < -0.4 is 5.32 Å². The third-order valence-corrected chi connectivity index (χ3v) is 5.65. The first-order chi connectivity index (χ1) is 10.0. The van der Waals surface area contributed by atoms with Crippen LogP contribution in [0.2, 0.25) is 0 Å². The van der Waals surface area contributed by atoms with Gasteiger partial charge in [-0.3, -0.25) is 0 Å². The van der Waals surface area contributed by atoms with Gasteiger partial charge in [0.2, 0.25) is 0 Å². The van der Waals surface area contributed by atoms with Crippen molar-refractivity contribution < 1.29 is 0 Å². The normalized spacial score (nSPS) is 30.6. The second-order valence-corrected chi connectivity index (χ2v) is 7.44. The Labute approximate surface area is 129 Å². The van der Waals surface area contributed by atoms with Crippen molar-refractivity contribution in [3.63, 3.8) is 0 Å². The Morgan fingerprint density at radius 3 is 2.24 bits per heavy atom. The Morgan fingerprint density at radius 1 is 1.10 bits per heavy atom. The number of hydrogen-bond acceptors (Lipinski definition) is 2. The molecular formula is C19H30N2. The maximum atomic E-state index is 3.79. The predicted molar refractivity (Wildman–Crippen MR) is 89.6 cm³/mol. The van der Waals surface area contributed by atoms with Crippen molar-refractivity contribution >= 4 is 0 Å². The molecular weight excluding hydrogens is 256 g/mol. The Morgan fingerprint density at radius 2 is 1.67 bits per heavy atom. The summed E-state index contributed by atoms with van der Waals surface area (Å²) in [5.74, 6) is 0.868. The highest BCUT2D eigenvalue weighted by Gasteiger charge is 2.38. The third kappa shape index (κ3) is 3.32. The summed E-state index contributed by atoms with van der Waals surface area (Å²) in [5.41, 5.74) is 4.18. The minimum Gasteiger partial charge on any atom is -0.310 e. The zero-order valence-electron chi connectivity index (χ0n) is 14.0. The van der Waals surface area contributed by atoms with Crippen LogP contribution in [-0.2, 0) is 0 Å². The standard InChI is InChI=1S/C19H30N2/c1-13-7-14(2)9-17(8-13)15(3)20-12-16-10-18-5-6-19(11-16)21(18)4/h7-9,15-16,18-20H,5-6,10-12H2,1-4H3. The van der Waals surface area contributed by atoms with Crippen LogP contribution in [0.25, 0.3) is 0 Å². The lowest BCUT2D eigenvalue weighted by atomic mass is 9.90. The first-order valence-electron chi connectivity index (χ1n) is 8.56. The van der Waals surface area contributed by atoms with Gasteiger partial charge in [0.15, 0.2) is 0 Å². The molecule has 2 bridgehead atoms. The van der Waals surface area contributed by atoms with E-state index >= 15 is 0 Å². The number of nitrogens with zero attached hydrogens (tertiary/aromatic N) is 1. The molecule has 1 N–H and O–H groups in total. The highest BCUT2D eigenvalue weighted by atomic mass is 15.2. The van der Waals surface area contributed by atoms with Gasteiger partial charge in [-0.15, -0.1) is 0 Å². The maximum Gasteiger partial charge on any atom is 0.0292 e.